The van der Waals surface area contributed by atoms with Crippen molar-refractivity contribution in [3.63, 3.8) is 0 Å². The fraction of sp³-hybridized carbons (Fsp3) is 0.154. The number of rotatable bonds is 2. The van der Waals surface area contributed by atoms with Crippen LogP contribution in [0.2, 0.25) is 5.02 Å². The van der Waals surface area contributed by atoms with Gasteiger partial charge in [0.2, 0.25) is 0 Å². The minimum Gasteiger partial charge on any atom is -0.390 e. The van der Waals surface area contributed by atoms with Gasteiger partial charge in [0.15, 0.2) is 0 Å². The number of nitrogens with one attached hydrogen (secondary N) is 1. The van der Waals surface area contributed by atoms with Crippen LogP contribution in [0.15, 0.2) is 24.3 Å². The van der Waals surface area contributed by atoms with Gasteiger partial charge in [0, 0.05) is 4.88 Å². The van der Waals surface area contributed by atoms with Crippen LogP contribution in [0.3, 0.4) is 0 Å². The van der Waals surface area contributed by atoms with E-state index in [2.05, 4.69) is 5.32 Å². The Bertz CT molecular complexity index is 607. The average Bonchev–Trinajstić information content (AvgIpc) is 2.56. The molecular weight excluding hydrogens is 268 g/mol. The third-order valence-corrected chi connectivity index (χ3v) is 4.13. The summed E-state index contributed by atoms with van der Waals surface area (Å²) in [5.74, 6) is -0.220. The fourth-order valence-corrected chi connectivity index (χ4v) is 2.80. The van der Waals surface area contributed by atoms with Gasteiger partial charge in [-0.05, 0) is 31.5 Å². The summed E-state index contributed by atoms with van der Waals surface area (Å²) in [7, 11) is 0. The summed E-state index contributed by atoms with van der Waals surface area (Å²) < 4.78 is 0. The molecule has 94 valence electrons. The van der Waals surface area contributed by atoms with Crippen molar-refractivity contribution in [3.05, 3.63) is 45.3 Å². The summed E-state index contributed by atoms with van der Waals surface area (Å²) in [4.78, 5) is 13.2. The number of thiophene rings is 1. The van der Waals surface area contributed by atoms with E-state index in [4.69, 9.17) is 17.3 Å². The number of halogens is 1. The lowest BCUT2D eigenvalue weighted by Gasteiger charge is -2.07. The van der Waals surface area contributed by atoms with Crippen LogP contribution < -0.4 is 11.1 Å². The van der Waals surface area contributed by atoms with Crippen molar-refractivity contribution in [3.8, 4) is 0 Å². The Balaban J connectivity index is 2.31. The first-order valence-corrected chi connectivity index (χ1v) is 6.61. The first-order chi connectivity index (χ1) is 8.50. The van der Waals surface area contributed by atoms with Gasteiger partial charge in [-0.25, -0.2) is 0 Å². The van der Waals surface area contributed by atoms with Crippen LogP contribution in [0.1, 0.15) is 20.8 Å². The van der Waals surface area contributed by atoms with Crippen molar-refractivity contribution < 1.29 is 4.79 Å². The number of anilines is 2. The Morgan fingerprint density at radius 1 is 1.33 bits per heavy atom. The summed E-state index contributed by atoms with van der Waals surface area (Å²) in [6, 6.07) is 7.11. The van der Waals surface area contributed by atoms with Crippen LogP contribution in [0.4, 0.5) is 10.7 Å². The molecule has 18 heavy (non-hydrogen) atoms. The predicted molar refractivity (Wildman–Crippen MR) is 77.6 cm³/mol. The lowest BCUT2D eigenvalue weighted by molar-refractivity contribution is 0.102. The summed E-state index contributed by atoms with van der Waals surface area (Å²) in [5.41, 5.74) is 7.91. The Morgan fingerprint density at radius 3 is 2.56 bits per heavy atom. The third kappa shape index (κ3) is 2.35. The second-order valence-corrected chi connectivity index (χ2v) is 5.62. The van der Waals surface area contributed by atoms with Crippen LogP contribution in [0.25, 0.3) is 0 Å². The highest BCUT2D eigenvalue weighted by Crippen LogP contribution is 2.31. The molecule has 0 unspecified atom stereocenters. The molecule has 0 saturated heterocycles. The maximum Gasteiger partial charge on any atom is 0.258 e. The summed E-state index contributed by atoms with van der Waals surface area (Å²) >= 11 is 7.42. The number of aryl methyl sites for hydroxylation is 1. The number of carbonyl (C=O) groups is 1. The van der Waals surface area contributed by atoms with E-state index in [1.54, 1.807) is 12.1 Å². The van der Waals surface area contributed by atoms with Gasteiger partial charge in [-0.2, -0.15) is 0 Å². The highest BCUT2D eigenvalue weighted by Gasteiger charge is 2.18. The number of nitrogens with two attached hydrogens (primary N) is 1. The number of nitrogen functional groups attached to an aromatic ring is 1. The first-order valence-electron chi connectivity index (χ1n) is 5.42. The van der Waals surface area contributed by atoms with E-state index in [9.17, 15) is 4.79 Å². The van der Waals surface area contributed by atoms with Crippen molar-refractivity contribution in [1.29, 1.82) is 0 Å². The molecular formula is C13H13ClN2OS. The minimum atomic E-state index is -0.220. The van der Waals surface area contributed by atoms with Crippen LogP contribution in [-0.4, -0.2) is 5.91 Å². The second kappa shape index (κ2) is 5.00. The Labute approximate surface area is 115 Å². The van der Waals surface area contributed by atoms with Gasteiger partial charge in [-0.3, -0.25) is 4.79 Å². The standard InChI is InChI=1S/C13H13ClN2OS/c1-7-8(2)18-12(15)11(7)13(17)16-10-6-4-3-5-9(10)14/h3-6H,15H2,1-2H3,(H,16,17). The van der Waals surface area contributed by atoms with Gasteiger partial charge in [-0.1, -0.05) is 23.7 Å². The minimum absolute atomic E-state index is 0.220. The number of amides is 1. The SMILES string of the molecule is Cc1sc(N)c(C(=O)Nc2ccccc2Cl)c1C. The predicted octanol–water partition coefficient (Wildman–Crippen LogP) is 3.85. The smallest absolute Gasteiger partial charge is 0.258 e. The second-order valence-electron chi connectivity index (χ2n) is 3.96. The maximum atomic E-state index is 12.2. The normalized spacial score (nSPS) is 10.4. The van der Waals surface area contributed by atoms with Gasteiger partial charge in [0.1, 0.15) is 0 Å². The molecule has 0 atom stereocenters. The molecule has 3 nitrogen and oxygen atoms in total. The quantitative estimate of drug-likeness (QED) is 0.878. The molecule has 0 radical (unpaired) electrons. The first kappa shape index (κ1) is 12.9. The van der Waals surface area contributed by atoms with Crippen molar-refractivity contribution >= 4 is 39.5 Å². The van der Waals surface area contributed by atoms with Crippen LogP contribution in [0.5, 0.6) is 0 Å². The van der Waals surface area contributed by atoms with E-state index in [1.807, 2.05) is 26.0 Å². The Morgan fingerprint density at radius 2 is 2.00 bits per heavy atom. The van der Waals surface area contributed by atoms with Gasteiger partial charge in [0.05, 0.1) is 21.3 Å². The molecule has 0 bridgehead atoms. The van der Waals surface area contributed by atoms with Crippen molar-refractivity contribution in [1.82, 2.24) is 0 Å². The number of carbonyl (C=O) groups excluding carboxylic acids is 1. The molecule has 0 fully saturated rings. The van der Waals surface area contributed by atoms with Crippen LogP contribution >= 0.6 is 22.9 Å². The molecule has 0 aliphatic heterocycles. The molecule has 0 aliphatic rings. The zero-order valence-corrected chi connectivity index (χ0v) is 11.7. The van der Waals surface area contributed by atoms with E-state index in [-0.39, 0.29) is 5.91 Å². The largest absolute Gasteiger partial charge is 0.390 e. The molecule has 1 aromatic heterocycles. The van der Waals surface area contributed by atoms with Gasteiger partial charge >= 0.3 is 0 Å². The molecule has 3 N–H and O–H groups in total. The molecule has 1 heterocycles. The Hall–Kier alpha value is -1.52. The molecule has 1 aromatic carbocycles. The van der Waals surface area contributed by atoms with E-state index < -0.39 is 0 Å². The molecule has 1 amide bonds. The molecule has 0 aliphatic carbocycles. The lowest BCUT2D eigenvalue weighted by Crippen LogP contribution is -2.14. The van der Waals surface area contributed by atoms with Crippen LogP contribution in [0, 0.1) is 13.8 Å². The van der Waals surface area contributed by atoms with E-state index in [0.717, 1.165) is 10.4 Å². The van der Waals surface area contributed by atoms with Crippen LogP contribution in [-0.2, 0) is 0 Å². The lowest BCUT2D eigenvalue weighted by atomic mass is 10.1. The van der Waals surface area contributed by atoms with E-state index in [0.29, 0.717) is 21.3 Å². The number of hydrogen-bond acceptors (Lipinski definition) is 3. The summed E-state index contributed by atoms with van der Waals surface area (Å²) in [6.07, 6.45) is 0. The molecule has 0 saturated carbocycles. The Kier molecular flexibility index (Phi) is 3.59. The van der Waals surface area contributed by atoms with Crippen molar-refractivity contribution in [2.45, 2.75) is 13.8 Å². The van der Waals surface area contributed by atoms with E-state index in [1.165, 1.54) is 11.3 Å². The molecule has 0 spiro atoms. The van der Waals surface area contributed by atoms with Gasteiger partial charge in [-0.15, -0.1) is 11.3 Å². The molecule has 5 heteroatoms. The third-order valence-electron chi connectivity index (χ3n) is 2.76. The number of benzene rings is 1. The van der Waals surface area contributed by atoms with Crippen molar-refractivity contribution in [2.24, 2.45) is 0 Å². The van der Waals surface area contributed by atoms with E-state index >= 15 is 0 Å². The van der Waals surface area contributed by atoms with Gasteiger partial charge < -0.3 is 11.1 Å². The monoisotopic (exact) mass is 280 g/mol. The summed E-state index contributed by atoms with van der Waals surface area (Å²) in [6.45, 7) is 3.84. The number of para-hydroxylation sites is 1. The summed E-state index contributed by atoms with van der Waals surface area (Å²) in [5, 5.41) is 3.82. The molecule has 2 aromatic rings. The van der Waals surface area contributed by atoms with Crippen molar-refractivity contribution in [2.75, 3.05) is 11.1 Å². The number of hydrogen-bond donors (Lipinski definition) is 2. The fourth-order valence-electron chi connectivity index (χ4n) is 1.68. The topological polar surface area (TPSA) is 55.1 Å². The maximum absolute atomic E-state index is 12.2. The highest BCUT2D eigenvalue weighted by atomic mass is 35.5. The highest BCUT2D eigenvalue weighted by molar-refractivity contribution is 7.16. The average molecular weight is 281 g/mol. The zero-order valence-electron chi connectivity index (χ0n) is 10.1. The van der Waals surface area contributed by atoms with Gasteiger partial charge in [0.25, 0.3) is 5.91 Å². The zero-order chi connectivity index (χ0) is 13.3. The molecule has 2 rings (SSSR count).